The lowest BCUT2D eigenvalue weighted by molar-refractivity contribution is 0.349. The van der Waals surface area contributed by atoms with Crippen LogP contribution in [-0.4, -0.2) is 0 Å². The average molecular weight is 284 g/mol. The SMILES string of the molecule is Cc1c(Br)cccc1C(N)CCC(C)(C)C. The molecule has 0 aromatic heterocycles. The summed E-state index contributed by atoms with van der Waals surface area (Å²) in [6.45, 7) is 8.89. The number of rotatable bonds is 3. The Morgan fingerprint density at radius 3 is 2.50 bits per heavy atom. The Bertz CT molecular complexity index is 352. The molecule has 0 aliphatic heterocycles. The molecule has 1 nitrogen and oxygen atoms in total. The predicted molar refractivity (Wildman–Crippen MR) is 74.5 cm³/mol. The van der Waals surface area contributed by atoms with Crippen molar-refractivity contribution < 1.29 is 0 Å². The molecule has 16 heavy (non-hydrogen) atoms. The van der Waals surface area contributed by atoms with E-state index in [0.717, 1.165) is 17.3 Å². The minimum absolute atomic E-state index is 0.150. The van der Waals surface area contributed by atoms with Gasteiger partial charge in [-0.15, -0.1) is 0 Å². The molecule has 1 atom stereocenters. The summed E-state index contributed by atoms with van der Waals surface area (Å²) in [7, 11) is 0. The molecule has 0 heterocycles. The molecule has 0 saturated carbocycles. The molecule has 0 bridgehead atoms. The van der Waals surface area contributed by atoms with E-state index in [-0.39, 0.29) is 6.04 Å². The zero-order valence-electron chi connectivity index (χ0n) is 10.7. The highest BCUT2D eigenvalue weighted by atomic mass is 79.9. The third-order valence-electron chi connectivity index (χ3n) is 2.91. The molecular formula is C14H22BrN. The highest BCUT2D eigenvalue weighted by molar-refractivity contribution is 9.10. The summed E-state index contributed by atoms with van der Waals surface area (Å²) in [4.78, 5) is 0. The average Bonchev–Trinajstić information content (AvgIpc) is 2.17. The Labute approximate surface area is 108 Å². The van der Waals surface area contributed by atoms with E-state index in [4.69, 9.17) is 5.73 Å². The first kappa shape index (κ1) is 13.7. The third kappa shape index (κ3) is 3.91. The summed E-state index contributed by atoms with van der Waals surface area (Å²) in [6, 6.07) is 6.41. The van der Waals surface area contributed by atoms with Crippen LogP contribution in [0.5, 0.6) is 0 Å². The molecule has 0 radical (unpaired) electrons. The van der Waals surface area contributed by atoms with Crippen LogP contribution in [0.1, 0.15) is 50.8 Å². The molecule has 0 aliphatic carbocycles. The van der Waals surface area contributed by atoms with Gasteiger partial charge >= 0.3 is 0 Å². The van der Waals surface area contributed by atoms with Crippen LogP contribution in [0.3, 0.4) is 0 Å². The molecule has 0 aliphatic rings. The van der Waals surface area contributed by atoms with Gasteiger partial charge in [0.2, 0.25) is 0 Å². The van der Waals surface area contributed by atoms with E-state index in [1.165, 1.54) is 11.1 Å². The fourth-order valence-corrected chi connectivity index (χ4v) is 2.15. The van der Waals surface area contributed by atoms with E-state index in [1.807, 2.05) is 0 Å². The van der Waals surface area contributed by atoms with Gasteiger partial charge in [-0.05, 0) is 42.4 Å². The summed E-state index contributed by atoms with van der Waals surface area (Å²) in [5.74, 6) is 0. The topological polar surface area (TPSA) is 26.0 Å². The largest absolute Gasteiger partial charge is 0.324 e. The van der Waals surface area contributed by atoms with E-state index in [1.54, 1.807) is 0 Å². The Morgan fingerprint density at radius 1 is 1.31 bits per heavy atom. The van der Waals surface area contributed by atoms with Gasteiger partial charge in [0.05, 0.1) is 0 Å². The number of hydrogen-bond acceptors (Lipinski definition) is 1. The molecule has 0 saturated heterocycles. The molecule has 0 fully saturated rings. The molecule has 1 rings (SSSR count). The fraction of sp³-hybridized carbons (Fsp3) is 0.571. The second kappa shape index (κ2) is 5.33. The van der Waals surface area contributed by atoms with Crippen molar-refractivity contribution in [2.75, 3.05) is 0 Å². The second-order valence-corrected chi connectivity index (χ2v) is 6.51. The molecular weight excluding hydrogens is 262 g/mol. The Morgan fingerprint density at radius 2 is 1.94 bits per heavy atom. The first-order valence-electron chi connectivity index (χ1n) is 5.82. The van der Waals surface area contributed by atoms with E-state index in [9.17, 15) is 0 Å². The Balaban J connectivity index is 2.73. The van der Waals surface area contributed by atoms with Crippen LogP contribution in [0, 0.1) is 12.3 Å². The maximum atomic E-state index is 6.25. The fourth-order valence-electron chi connectivity index (χ4n) is 1.77. The zero-order valence-corrected chi connectivity index (χ0v) is 12.3. The molecule has 0 amide bonds. The van der Waals surface area contributed by atoms with Crippen molar-refractivity contribution in [3.8, 4) is 0 Å². The Kier molecular flexibility index (Phi) is 4.57. The molecule has 90 valence electrons. The maximum Gasteiger partial charge on any atom is 0.0298 e. The lowest BCUT2D eigenvalue weighted by atomic mass is 9.87. The van der Waals surface area contributed by atoms with Gasteiger partial charge < -0.3 is 5.73 Å². The van der Waals surface area contributed by atoms with E-state index >= 15 is 0 Å². The highest BCUT2D eigenvalue weighted by Gasteiger charge is 2.15. The molecule has 1 aromatic carbocycles. The standard InChI is InChI=1S/C14H22BrN/c1-10-11(6-5-7-12(10)15)13(16)8-9-14(2,3)4/h5-7,13H,8-9,16H2,1-4H3. The second-order valence-electron chi connectivity index (χ2n) is 5.66. The normalized spacial score (nSPS) is 13.9. The zero-order chi connectivity index (χ0) is 12.3. The van der Waals surface area contributed by atoms with Crippen LogP contribution in [0.15, 0.2) is 22.7 Å². The first-order chi connectivity index (χ1) is 7.31. The van der Waals surface area contributed by atoms with E-state index in [0.29, 0.717) is 5.41 Å². The lowest BCUT2D eigenvalue weighted by Gasteiger charge is -2.22. The van der Waals surface area contributed by atoms with Crippen LogP contribution in [0.2, 0.25) is 0 Å². The molecule has 2 N–H and O–H groups in total. The summed E-state index contributed by atoms with van der Waals surface area (Å²) >= 11 is 3.55. The molecule has 0 spiro atoms. The quantitative estimate of drug-likeness (QED) is 0.863. The van der Waals surface area contributed by atoms with Gasteiger partial charge in [0, 0.05) is 10.5 Å². The van der Waals surface area contributed by atoms with Crippen molar-refractivity contribution in [1.82, 2.24) is 0 Å². The number of hydrogen-bond donors (Lipinski definition) is 1. The van der Waals surface area contributed by atoms with Crippen molar-refractivity contribution in [3.05, 3.63) is 33.8 Å². The minimum Gasteiger partial charge on any atom is -0.324 e. The van der Waals surface area contributed by atoms with E-state index in [2.05, 4.69) is 61.8 Å². The van der Waals surface area contributed by atoms with Crippen LogP contribution in [0.25, 0.3) is 0 Å². The van der Waals surface area contributed by atoms with Gasteiger partial charge in [-0.2, -0.15) is 0 Å². The van der Waals surface area contributed by atoms with Crippen LogP contribution in [0.4, 0.5) is 0 Å². The number of halogens is 1. The van der Waals surface area contributed by atoms with Gasteiger partial charge in [-0.1, -0.05) is 48.8 Å². The smallest absolute Gasteiger partial charge is 0.0298 e. The van der Waals surface area contributed by atoms with Gasteiger partial charge in [-0.25, -0.2) is 0 Å². The lowest BCUT2D eigenvalue weighted by Crippen LogP contribution is -2.15. The van der Waals surface area contributed by atoms with Crippen molar-refractivity contribution in [2.45, 2.75) is 46.6 Å². The molecule has 2 heteroatoms. The Hall–Kier alpha value is -0.340. The summed E-state index contributed by atoms with van der Waals surface area (Å²) < 4.78 is 1.15. The molecule has 1 aromatic rings. The number of nitrogens with two attached hydrogens (primary N) is 1. The predicted octanol–water partition coefficient (Wildman–Crippen LogP) is 4.58. The first-order valence-corrected chi connectivity index (χ1v) is 6.61. The van der Waals surface area contributed by atoms with Gasteiger partial charge in [0.15, 0.2) is 0 Å². The minimum atomic E-state index is 0.150. The monoisotopic (exact) mass is 283 g/mol. The van der Waals surface area contributed by atoms with Crippen LogP contribution >= 0.6 is 15.9 Å². The van der Waals surface area contributed by atoms with Gasteiger partial charge in [0.25, 0.3) is 0 Å². The van der Waals surface area contributed by atoms with Gasteiger partial charge in [-0.3, -0.25) is 0 Å². The highest BCUT2D eigenvalue weighted by Crippen LogP contribution is 2.29. The summed E-state index contributed by atoms with van der Waals surface area (Å²) in [5.41, 5.74) is 9.14. The van der Waals surface area contributed by atoms with E-state index < -0.39 is 0 Å². The van der Waals surface area contributed by atoms with Crippen molar-refractivity contribution in [2.24, 2.45) is 11.1 Å². The third-order valence-corrected chi connectivity index (χ3v) is 3.77. The maximum absolute atomic E-state index is 6.25. The summed E-state index contributed by atoms with van der Waals surface area (Å²) in [5, 5.41) is 0. The van der Waals surface area contributed by atoms with Gasteiger partial charge in [0.1, 0.15) is 0 Å². The van der Waals surface area contributed by atoms with Crippen molar-refractivity contribution in [3.63, 3.8) is 0 Å². The number of benzene rings is 1. The molecule has 1 unspecified atom stereocenters. The summed E-state index contributed by atoms with van der Waals surface area (Å²) in [6.07, 6.45) is 2.20. The van der Waals surface area contributed by atoms with Crippen molar-refractivity contribution in [1.29, 1.82) is 0 Å². The van der Waals surface area contributed by atoms with Crippen molar-refractivity contribution >= 4 is 15.9 Å². The van der Waals surface area contributed by atoms with Crippen LogP contribution in [-0.2, 0) is 0 Å². The van der Waals surface area contributed by atoms with Crippen LogP contribution < -0.4 is 5.73 Å².